The van der Waals surface area contributed by atoms with Crippen molar-refractivity contribution in [2.45, 2.75) is 24.4 Å². The van der Waals surface area contributed by atoms with E-state index in [-0.39, 0.29) is 47.1 Å². The Morgan fingerprint density at radius 2 is 1.80 bits per heavy atom. The number of alkyl halides is 3. The molecule has 0 saturated carbocycles. The van der Waals surface area contributed by atoms with Crippen LogP contribution in [0.3, 0.4) is 0 Å². The largest absolute Gasteiger partial charge is 0.390 e. The van der Waals surface area contributed by atoms with E-state index >= 15 is 0 Å². The third-order valence-corrected chi connectivity index (χ3v) is 5.11. The first-order valence-corrected chi connectivity index (χ1v) is 9.66. The average molecular weight is 558 g/mol. The Morgan fingerprint density at radius 3 is 2.32 bits per heavy atom. The lowest BCUT2D eigenvalue weighted by Gasteiger charge is -2.12. The van der Waals surface area contributed by atoms with Crippen LogP contribution in [0.1, 0.15) is 13.3 Å². The fourth-order valence-corrected chi connectivity index (χ4v) is 3.12. The number of halogens is 5. The number of sulfone groups is 1. The Bertz CT molecular complexity index is 652. The summed E-state index contributed by atoms with van der Waals surface area (Å²) < 4.78 is 61.5. The molecular formula is C14H20BrF3IN3O2S. The molecule has 0 amide bonds. The van der Waals surface area contributed by atoms with Crippen molar-refractivity contribution >= 4 is 55.7 Å². The van der Waals surface area contributed by atoms with Crippen molar-refractivity contribution in [3.8, 4) is 0 Å². The van der Waals surface area contributed by atoms with Crippen molar-refractivity contribution in [1.29, 1.82) is 0 Å². The lowest BCUT2D eigenvalue weighted by molar-refractivity contribution is -0.132. The normalized spacial score (nSPS) is 12.4. The Morgan fingerprint density at radius 1 is 1.20 bits per heavy atom. The number of nitrogens with zero attached hydrogens (tertiary/aromatic N) is 1. The standard InChI is InChI=1S/C14H19BrF3N3O2S.HI/c1-2-19-13(20-8-7-14(16,17)18)21-9-10-24(22,23)12-5-3-11(15)4-6-12;/h3-6H,2,7-10H2,1H3,(H2,19,20,21);1H. The second-order valence-electron chi connectivity index (χ2n) is 4.83. The fourth-order valence-electron chi connectivity index (χ4n) is 1.70. The Hall–Kier alpha value is -0.560. The smallest absolute Gasteiger partial charge is 0.357 e. The summed E-state index contributed by atoms with van der Waals surface area (Å²) in [6.45, 7) is 1.84. The molecule has 1 rings (SSSR count). The molecule has 0 spiro atoms. The molecule has 0 aliphatic rings. The lowest BCUT2D eigenvalue weighted by Crippen LogP contribution is -2.39. The van der Waals surface area contributed by atoms with Crippen LogP contribution in [0.4, 0.5) is 13.2 Å². The highest BCUT2D eigenvalue weighted by Gasteiger charge is 2.26. The van der Waals surface area contributed by atoms with Gasteiger partial charge in [0.1, 0.15) is 0 Å². The van der Waals surface area contributed by atoms with Crippen molar-refractivity contribution < 1.29 is 21.6 Å². The van der Waals surface area contributed by atoms with Crippen molar-refractivity contribution in [3.63, 3.8) is 0 Å². The summed E-state index contributed by atoms with van der Waals surface area (Å²) in [5, 5.41) is 5.50. The molecule has 25 heavy (non-hydrogen) atoms. The molecule has 144 valence electrons. The molecule has 0 atom stereocenters. The number of nitrogens with one attached hydrogen (secondary N) is 2. The van der Waals surface area contributed by atoms with Crippen LogP contribution < -0.4 is 10.6 Å². The van der Waals surface area contributed by atoms with Gasteiger partial charge in [-0.05, 0) is 31.2 Å². The third-order valence-electron chi connectivity index (χ3n) is 2.85. The van der Waals surface area contributed by atoms with Crippen molar-refractivity contribution in [1.82, 2.24) is 10.6 Å². The van der Waals surface area contributed by atoms with E-state index in [1.54, 1.807) is 19.1 Å². The van der Waals surface area contributed by atoms with E-state index in [2.05, 4.69) is 31.6 Å². The number of hydrogen-bond donors (Lipinski definition) is 2. The van der Waals surface area contributed by atoms with Gasteiger partial charge in [-0.15, -0.1) is 24.0 Å². The van der Waals surface area contributed by atoms with Crippen LogP contribution >= 0.6 is 39.9 Å². The molecule has 0 aromatic heterocycles. The molecule has 0 radical (unpaired) electrons. The SMILES string of the molecule is CCNC(=NCCC(F)(F)F)NCCS(=O)(=O)c1ccc(Br)cc1.I. The molecule has 5 nitrogen and oxygen atoms in total. The van der Waals surface area contributed by atoms with Gasteiger partial charge in [0, 0.05) is 17.6 Å². The van der Waals surface area contributed by atoms with E-state index < -0.39 is 29.0 Å². The van der Waals surface area contributed by atoms with E-state index in [0.717, 1.165) is 4.47 Å². The first-order valence-electron chi connectivity index (χ1n) is 7.21. The summed E-state index contributed by atoms with van der Waals surface area (Å²) in [5.41, 5.74) is 0. The third kappa shape index (κ3) is 10.2. The molecule has 0 aliphatic heterocycles. The number of hydrogen-bond acceptors (Lipinski definition) is 3. The maximum Gasteiger partial charge on any atom is 0.390 e. The van der Waals surface area contributed by atoms with Crippen molar-refractivity contribution in [3.05, 3.63) is 28.7 Å². The summed E-state index contributed by atoms with van der Waals surface area (Å²) in [6.07, 6.45) is -5.30. The minimum atomic E-state index is -4.27. The van der Waals surface area contributed by atoms with Crippen LogP contribution in [-0.4, -0.2) is 45.9 Å². The molecular weight excluding hydrogens is 538 g/mol. The number of guanidine groups is 1. The molecule has 0 bridgehead atoms. The van der Waals surface area contributed by atoms with Crippen LogP contribution in [0, 0.1) is 0 Å². The van der Waals surface area contributed by atoms with Crippen LogP contribution in [0.2, 0.25) is 0 Å². The lowest BCUT2D eigenvalue weighted by atomic mass is 10.4. The highest BCUT2D eigenvalue weighted by Crippen LogP contribution is 2.19. The van der Waals surface area contributed by atoms with E-state index in [4.69, 9.17) is 0 Å². The highest BCUT2D eigenvalue weighted by atomic mass is 127. The van der Waals surface area contributed by atoms with Crippen LogP contribution in [0.15, 0.2) is 38.6 Å². The molecule has 0 saturated heterocycles. The van der Waals surface area contributed by atoms with Crippen LogP contribution in [-0.2, 0) is 9.84 Å². The minimum absolute atomic E-state index is 0. The van der Waals surface area contributed by atoms with Crippen molar-refractivity contribution in [2.75, 3.05) is 25.4 Å². The van der Waals surface area contributed by atoms with Gasteiger partial charge in [0.2, 0.25) is 0 Å². The number of benzene rings is 1. The van der Waals surface area contributed by atoms with Crippen molar-refractivity contribution in [2.24, 2.45) is 4.99 Å². The van der Waals surface area contributed by atoms with E-state index in [1.807, 2.05) is 0 Å². The predicted molar refractivity (Wildman–Crippen MR) is 106 cm³/mol. The first kappa shape index (κ1) is 24.4. The zero-order chi connectivity index (χ0) is 18.2. The van der Waals surface area contributed by atoms with Gasteiger partial charge < -0.3 is 10.6 Å². The van der Waals surface area contributed by atoms with Gasteiger partial charge in [-0.3, -0.25) is 4.99 Å². The van der Waals surface area contributed by atoms with E-state index in [0.29, 0.717) is 6.54 Å². The molecule has 11 heteroatoms. The monoisotopic (exact) mass is 557 g/mol. The molecule has 0 fully saturated rings. The highest BCUT2D eigenvalue weighted by molar-refractivity contribution is 14.0. The van der Waals surface area contributed by atoms with Gasteiger partial charge >= 0.3 is 6.18 Å². The number of aliphatic imine (C=N–C) groups is 1. The zero-order valence-electron chi connectivity index (χ0n) is 13.4. The maximum atomic E-state index is 12.2. The quantitative estimate of drug-likeness (QED) is 0.306. The molecule has 2 N–H and O–H groups in total. The summed E-state index contributed by atoms with van der Waals surface area (Å²) in [5.74, 6) is -0.0362. The second-order valence-corrected chi connectivity index (χ2v) is 7.85. The van der Waals surface area contributed by atoms with E-state index in [1.165, 1.54) is 12.1 Å². The topological polar surface area (TPSA) is 70.6 Å². The van der Waals surface area contributed by atoms with Gasteiger partial charge in [-0.1, -0.05) is 15.9 Å². The van der Waals surface area contributed by atoms with Gasteiger partial charge in [-0.25, -0.2) is 8.42 Å². The minimum Gasteiger partial charge on any atom is -0.357 e. The Kier molecular flexibility index (Phi) is 11.0. The fraction of sp³-hybridized carbons (Fsp3) is 0.500. The molecule has 0 unspecified atom stereocenters. The predicted octanol–water partition coefficient (Wildman–Crippen LogP) is 3.35. The summed E-state index contributed by atoms with van der Waals surface area (Å²) in [4.78, 5) is 3.96. The van der Waals surface area contributed by atoms with Crippen LogP contribution in [0.5, 0.6) is 0 Å². The Balaban J connectivity index is 0.00000576. The average Bonchev–Trinajstić information content (AvgIpc) is 2.46. The number of rotatable bonds is 7. The van der Waals surface area contributed by atoms with Gasteiger partial charge in [0.15, 0.2) is 15.8 Å². The van der Waals surface area contributed by atoms with Gasteiger partial charge in [-0.2, -0.15) is 13.2 Å². The summed E-state index contributed by atoms with van der Waals surface area (Å²) in [6, 6.07) is 6.23. The molecule has 0 aliphatic carbocycles. The zero-order valence-corrected chi connectivity index (χ0v) is 18.2. The van der Waals surface area contributed by atoms with Gasteiger partial charge in [0.25, 0.3) is 0 Å². The molecule has 0 heterocycles. The summed E-state index contributed by atoms with van der Waals surface area (Å²) in [7, 11) is -3.48. The van der Waals surface area contributed by atoms with E-state index in [9.17, 15) is 21.6 Å². The molecule has 1 aromatic rings. The molecule has 1 aromatic carbocycles. The Labute approximate surface area is 170 Å². The summed E-state index contributed by atoms with van der Waals surface area (Å²) >= 11 is 3.23. The maximum absolute atomic E-state index is 12.2. The first-order chi connectivity index (χ1) is 11.1. The van der Waals surface area contributed by atoms with Crippen LogP contribution in [0.25, 0.3) is 0 Å². The van der Waals surface area contributed by atoms with Gasteiger partial charge in [0.05, 0.1) is 23.6 Å². The second kappa shape index (κ2) is 11.2.